The largest absolute Gasteiger partial charge is 0.362 e. The van der Waals surface area contributed by atoms with E-state index in [4.69, 9.17) is 9.98 Å². The SMILES string of the molecule is CN1CC[C@@]23C4=Nc5ccccc5[C@]2(CCN4C)C1=Nc1ccccc13. The van der Waals surface area contributed by atoms with Gasteiger partial charge in [0.2, 0.25) is 0 Å². The van der Waals surface area contributed by atoms with Crippen molar-refractivity contribution in [1.82, 2.24) is 9.80 Å². The van der Waals surface area contributed by atoms with Gasteiger partial charge in [-0.05, 0) is 36.1 Å². The Kier molecular flexibility index (Phi) is 2.55. The van der Waals surface area contributed by atoms with E-state index in [1.807, 2.05) is 0 Å². The number of piperidine rings is 2. The maximum Gasteiger partial charge on any atom is 0.117 e. The van der Waals surface area contributed by atoms with Crippen LogP contribution < -0.4 is 0 Å². The van der Waals surface area contributed by atoms with Gasteiger partial charge in [0, 0.05) is 27.2 Å². The van der Waals surface area contributed by atoms with Gasteiger partial charge >= 0.3 is 0 Å². The Labute approximate surface area is 153 Å². The summed E-state index contributed by atoms with van der Waals surface area (Å²) in [5.74, 6) is 2.46. The standard InChI is InChI=1S/C22H22N4/c1-25-13-11-22-16-8-4-5-9-17(16)23-19(25)21(22)12-14-26(2)20(22)24-18-10-6-3-7-15(18)21/h3-10H,11-14H2,1-2H3/t21-,22-/m1/s1. The van der Waals surface area contributed by atoms with Crippen molar-refractivity contribution in [2.75, 3.05) is 27.2 Å². The fourth-order valence-corrected chi connectivity index (χ4v) is 5.99. The number of fused-ring (bicyclic) bond motifs is 2. The number of rotatable bonds is 0. The minimum Gasteiger partial charge on any atom is -0.362 e. The number of hydrogen-bond acceptors (Lipinski definition) is 4. The van der Waals surface area contributed by atoms with Gasteiger partial charge in [0.25, 0.3) is 0 Å². The van der Waals surface area contributed by atoms with Crippen molar-refractivity contribution >= 4 is 23.0 Å². The molecule has 0 saturated carbocycles. The molecule has 0 amide bonds. The maximum atomic E-state index is 5.23. The quantitative estimate of drug-likeness (QED) is 0.732. The number of likely N-dealkylation sites (tertiary alicyclic amines) is 2. The zero-order valence-electron chi connectivity index (χ0n) is 15.2. The normalized spacial score (nSPS) is 30.7. The maximum absolute atomic E-state index is 5.23. The molecular weight excluding hydrogens is 320 g/mol. The highest BCUT2D eigenvalue weighted by molar-refractivity contribution is 6.13. The van der Waals surface area contributed by atoms with E-state index >= 15 is 0 Å². The monoisotopic (exact) mass is 342 g/mol. The van der Waals surface area contributed by atoms with E-state index in [2.05, 4.69) is 72.4 Å². The van der Waals surface area contributed by atoms with E-state index in [9.17, 15) is 0 Å². The molecule has 4 nitrogen and oxygen atoms in total. The van der Waals surface area contributed by atoms with Crippen molar-refractivity contribution in [1.29, 1.82) is 0 Å². The van der Waals surface area contributed by atoms with Crippen LogP contribution in [0.25, 0.3) is 0 Å². The van der Waals surface area contributed by atoms with E-state index in [0.29, 0.717) is 0 Å². The molecule has 0 N–H and O–H groups in total. The van der Waals surface area contributed by atoms with Gasteiger partial charge < -0.3 is 9.80 Å². The molecule has 4 aliphatic rings. The molecule has 4 bridgehead atoms. The zero-order valence-corrected chi connectivity index (χ0v) is 15.2. The third-order valence-corrected chi connectivity index (χ3v) is 7.04. The van der Waals surface area contributed by atoms with Crippen molar-refractivity contribution in [3.05, 3.63) is 59.7 Å². The fourth-order valence-electron chi connectivity index (χ4n) is 5.99. The molecule has 130 valence electrons. The number of hydrogen-bond donors (Lipinski definition) is 0. The predicted octanol–water partition coefficient (Wildman–Crippen LogP) is 3.62. The second-order valence-electron chi connectivity index (χ2n) is 8.06. The highest BCUT2D eigenvalue weighted by atomic mass is 15.3. The van der Waals surface area contributed by atoms with Crippen LogP contribution in [0.4, 0.5) is 11.4 Å². The first-order chi connectivity index (χ1) is 12.7. The zero-order chi connectivity index (χ0) is 17.5. The summed E-state index contributed by atoms with van der Waals surface area (Å²) in [6.07, 6.45) is 2.16. The van der Waals surface area contributed by atoms with Gasteiger partial charge in [-0.2, -0.15) is 0 Å². The van der Waals surface area contributed by atoms with Crippen LogP contribution in [-0.4, -0.2) is 48.7 Å². The Morgan fingerprint density at radius 1 is 0.692 bits per heavy atom. The summed E-state index contributed by atoms with van der Waals surface area (Å²) in [6.45, 7) is 2.04. The van der Waals surface area contributed by atoms with Crippen LogP contribution in [0.15, 0.2) is 58.5 Å². The average molecular weight is 342 g/mol. The van der Waals surface area contributed by atoms with Gasteiger partial charge in [0.15, 0.2) is 0 Å². The molecule has 2 atom stereocenters. The molecule has 26 heavy (non-hydrogen) atoms. The van der Waals surface area contributed by atoms with E-state index < -0.39 is 0 Å². The third-order valence-electron chi connectivity index (χ3n) is 7.04. The smallest absolute Gasteiger partial charge is 0.117 e. The Morgan fingerprint density at radius 3 is 1.58 bits per heavy atom. The molecule has 6 rings (SSSR count). The summed E-state index contributed by atoms with van der Waals surface area (Å²) in [5.41, 5.74) is 4.75. The van der Waals surface area contributed by atoms with Crippen LogP contribution in [-0.2, 0) is 10.8 Å². The molecule has 2 fully saturated rings. The Hall–Kier alpha value is -2.62. The molecule has 2 aromatic rings. The predicted molar refractivity (Wildman–Crippen MR) is 105 cm³/mol. The lowest BCUT2D eigenvalue weighted by Gasteiger charge is -2.64. The summed E-state index contributed by atoms with van der Waals surface area (Å²) < 4.78 is 0. The molecule has 2 aromatic carbocycles. The van der Waals surface area contributed by atoms with Crippen molar-refractivity contribution < 1.29 is 0 Å². The van der Waals surface area contributed by atoms with Crippen molar-refractivity contribution in [2.24, 2.45) is 9.98 Å². The van der Waals surface area contributed by atoms with Crippen LogP contribution in [0.3, 0.4) is 0 Å². The van der Waals surface area contributed by atoms with Crippen LogP contribution in [0.2, 0.25) is 0 Å². The van der Waals surface area contributed by atoms with Crippen LogP contribution in [0, 0.1) is 0 Å². The molecule has 4 heterocycles. The number of aliphatic imine (C=N–C) groups is 2. The minimum atomic E-state index is -0.103. The molecule has 0 spiro atoms. The Balaban J connectivity index is 1.82. The van der Waals surface area contributed by atoms with Gasteiger partial charge in [-0.1, -0.05) is 36.4 Å². The number of nitrogens with zero attached hydrogens (tertiary/aromatic N) is 4. The number of benzene rings is 2. The molecule has 0 unspecified atom stereocenters. The van der Waals surface area contributed by atoms with Gasteiger partial charge in [-0.25, -0.2) is 9.98 Å². The lowest BCUT2D eigenvalue weighted by atomic mass is 9.47. The van der Waals surface area contributed by atoms with E-state index in [-0.39, 0.29) is 10.8 Å². The van der Waals surface area contributed by atoms with Crippen LogP contribution in [0.5, 0.6) is 0 Å². The summed E-state index contributed by atoms with van der Waals surface area (Å²) in [6, 6.07) is 17.4. The van der Waals surface area contributed by atoms with E-state index in [0.717, 1.165) is 37.3 Å². The number of para-hydroxylation sites is 2. The van der Waals surface area contributed by atoms with Crippen molar-refractivity contribution in [3.63, 3.8) is 0 Å². The van der Waals surface area contributed by atoms with Crippen molar-refractivity contribution in [3.8, 4) is 0 Å². The molecule has 4 heteroatoms. The number of likely N-dealkylation sites (N-methyl/N-ethyl adjacent to an activating group) is 2. The van der Waals surface area contributed by atoms with Crippen LogP contribution >= 0.6 is 0 Å². The minimum absolute atomic E-state index is 0.103. The first kappa shape index (κ1) is 14.5. The van der Waals surface area contributed by atoms with E-state index in [1.54, 1.807) is 0 Å². The molecule has 4 aliphatic heterocycles. The lowest BCUT2D eigenvalue weighted by Crippen LogP contribution is -2.73. The summed E-state index contributed by atoms with van der Waals surface area (Å²) in [5, 5.41) is 0. The number of amidine groups is 2. The van der Waals surface area contributed by atoms with E-state index in [1.165, 1.54) is 22.8 Å². The highest BCUT2D eigenvalue weighted by Crippen LogP contribution is 2.63. The molecule has 2 saturated heterocycles. The van der Waals surface area contributed by atoms with Gasteiger partial charge in [0.05, 0.1) is 22.2 Å². The molecule has 0 aromatic heterocycles. The molecule has 0 aliphatic carbocycles. The van der Waals surface area contributed by atoms with Crippen LogP contribution in [0.1, 0.15) is 24.0 Å². The molecule has 0 radical (unpaired) electrons. The molecular formula is C22H22N4. The first-order valence-corrected chi connectivity index (χ1v) is 9.48. The topological polar surface area (TPSA) is 31.2 Å². The Bertz CT molecular complexity index is 925. The third kappa shape index (κ3) is 1.37. The second kappa shape index (κ2) is 4.56. The lowest BCUT2D eigenvalue weighted by molar-refractivity contribution is 0.179. The van der Waals surface area contributed by atoms with Gasteiger partial charge in [-0.3, -0.25) is 0 Å². The summed E-state index contributed by atoms with van der Waals surface area (Å²) in [7, 11) is 4.41. The summed E-state index contributed by atoms with van der Waals surface area (Å²) in [4.78, 5) is 15.2. The van der Waals surface area contributed by atoms with Crippen molar-refractivity contribution in [2.45, 2.75) is 23.7 Å². The van der Waals surface area contributed by atoms with Gasteiger partial charge in [0.1, 0.15) is 11.7 Å². The second-order valence-corrected chi connectivity index (χ2v) is 8.06. The fraction of sp³-hybridized carbons (Fsp3) is 0.364. The van der Waals surface area contributed by atoms with Gasteiger partial charge in [-0.15, -0.1) is 0 Å². The highest BCUT2D eigenvalue weighted by Gasteiger charge is 2.68. The Morgan fingerprint density at radius 2 is 1.12 bits per heavy atom. The average Bonchev–Trinajstić information content (AvgIpc) is 2.67. The first-order valence-electron chi connectivity index (χ1n) is 9.48. The summed E-state index contributed by atoms with van der Waals surface area (Å²) >= 11 is 0.